The van der Waals surface area contributed by atoms with Crippen LogP contribution in [0.15, 0.2) is 0 Å². The first-order valence-electron chi connectivity index (χ1n) is 4.66. The lowest BCUT2D eigenvalue weighted by Crippen LogP contribution is -2.51. The van der Waals surface area contributed by atoms with Crippen LogP contribution in [0.1, 0.15) is 20.8 Å². The summed E-state index contributed by atoms with van der Waals surface area (Å²) in [5.74, 6) is 0.883. The van der Waals surface area contributed by atoms with Gasteiger partial charge in [0.15, 0.2) is 11.1 Å². The van der Waals surface area contributed by atoms with Crippen molar-refractivity contribution in [2.24, 2.45) is 11.3 Å². The third-order valence-electron chi connectivity index (χ3n) is 2.11. The molecule has 0 saturated carbocycles. The minimum atomic E-state index is -1.61. The highest BCUT2D eigenvalue weighted by atomic mass is 32.2. The van der Waals surface area contributed by atoms with E-state index in [0.29, 0.717) is 17.1 Å². The van der Waals surface area contributed by atoms with Gasteiger partial charge in [-0.2, -0.15) is 0 Å². The van der Waals surface area contributed by atoms with Crippen molar-refractivity contribution in [1.29, 1.82) is 0 Å². The van der Waals surface area contributed by atoms with Crippen molar-refractivity contribution in [2.75, 3.05) is 25.4 Å². The van der Waals surface area contributed by atoms with Crippen molar-refractivity contribution in [3.05, 3.63) is 0 Å². The fourth-order valence-corrected chi connectivity index (χ4v) is 2.40. The first kappa shape index (κ1) is 11.1. The second-order valence-corrected chi connectivity index (χ2v) is 6.09. The number of nitrogens with zero attached hydrogens (tertiary/aromatic N) is 1. The van der Waals surface area contributed by atoms with E-state index in [2.05, 4.69) is 25.7 Å². The predicted molar refractivity (Wildman–Crippen MR) is 55.0 cm³/mol. The first-order chi connectivity index (χ1) is 5.87. The maximum absolute atomic E-state index is 10.5. The summed E-state index contributed by atoms with van der Waals surface area (Å²) in [6, 6.07) is 0. The molecule has 0 amide bonds. The van der Waals surface area contributed by atoms with E-state index in [1.165, 1.54) is 0 Å². The molecule has 1 heterocycles. The zero-order chi connectivity index (χ0) is 10.1. The van der Waals surface area contributed by atoms with Crippen LogP contribution in [0.2, 0.25) is 0 Å². The van der Waals surface area contributed by atoms with Gasteiger partial charge in [0.2, 0.25) is 0 Å². The molecule has 1 rings (SSSR count). The summed E-state index contributed by atoms with van der Waals surface area (Å²) in [5, 5.41) is 0. The summed E-state index contributed by atoms with van der Waals surface area (Å²) >= 11 is -1.61. The van der Waals surface area contributed by atoms with Crippen molar-refractivity contribution in [2.45, 2.75) is 20.8 Å². The third-order valence-corrected chi connectivity index (χ3v) is 2.87. The van der Waals surface area contributed by atoms with Crippen molar-refractivity contribution in [1.82, 2.24) is 4.90 Å². The van der Waals surface area contributed by atoms with Gasteiger partial charge in [-0.3, -0.25) is 0 Å². The quantitative estimate of drug-likeness (QED) is 0.704. The fourth-order valence-electron chi connectivity index (χ4n) is 1.78. The molecule has 1 aliphatic heterocycles. The largest absolute Gasteiger partial charge is 0.306 e. The highest BCUT2D eigenvalue weighted by Crippen LogP contribution is 2.22. The van der Waals surface area contributed by atoms with Crippen LogP contribution in [0.25, 0.3) is 0 Å². The van der Waals surface area contributed by atoms with Crippen LogP contribution in [0, 0.1) is 11.3 Å². The highest BCUT2D eigenvalue weighted by Gasteiger charge is 2.30. The molecule has 0 aliphatic carbocycles. The summed E-state index contributed by atoms with van der Waals surface area (Å²) in [4.78, 5) is 2.34. The number of rotatable bonds is 3. The van der Waals surface area contributed by atoms with Crippen LogP contribution in [0.4, 0.5) is 0 Å². The molecule has 1 atom stereocenters. The lowest BCUT2D eigenvalue weighted by molar-refractivity contribution is 0.0751. The normalized spacial score (nSPS) is 22.8. The van der Waals surface area contributed by atoms with Crippen molar-refractivity contribution in [3.8, 4) is 0 Å². The van der Waals surface area contributed by atoms with Crippen LogP contribution in [-0.4, -0.2) is 39.0 Å². The second kappa shape index (κ2) is 4.07. The van der Waals surface area contributed by atoms with Gasteiger partial charge in [-0.1, -0.05) is 20.8 Å². The lowest BCUT2D eigenvalue weighted by atomic mass is 9.92. The Morgan fingerprint density at radius 1 is 1.46 bits per heavy atom. The molecule has 1 fully saturated rings. The molecule has 13 heavy (non-hydrogen) atoms. The van der Waals surface area contributed by atoms with Gasteiger partial charge in [0.05, 0.1) is 5.75 Å². The molecule has 3 nitrogen and oxygen atoms in total. The summed E-state index contributed by atoms with van der Waals surface area (Å²) < 4.78 is 19.1. The molecule has 1 saturated heterocycles. The third kappa shape index (κ3) is 4.20. The zero-order valence-corrected chi connectivity index (χ0v) is 9.43. The van der Waals surface area contributed by atoms with E-state index in [-0.39, 0.29) is 0 Å². The van der Waals surface area contributed by atoms with E-state index in [4.69, 9.17) is 4.55 Å². The first-order valence-corrected chi connectivity index (χ1v) is 5.94. The van der Waals surface area contributed by atoms with Gasteiger partial charge in [-0.05, 0) is 11.3 Å². The van der Waals surface area contributed by atoms with Gasteiger partial charge in [-0.15, -0.1) is 0 Å². The summed E-state index contributed by atoms with van der Waals surface area (Å²) in [7, 11) is 0. The predicted octanol–water partition coefficient (Wildman–Crippen LogP) is 1.19. The van der Waals surface area contributed by atoms with Gasteiger partial charge in [-0.25, -0.2) is 4.21 Å². The summed E-state index contributed by atoms with van der Waals surface area (Å²) in [5.41, 5.74) is 0.337. The number of hydrogen-bond acceptors (Lipinski definition) is 2. The van der Waals surface area contributed by atoms with Crippen molar-refractivity contribution >= 4 is 11.1 Å². The Labute approximate surface area is 82.8 Å². The van der Waals surface area contributed by atoms with Gasteiger partial charge in [0.1, 0.15) is 0 Å². The van der Waals surface area contributed by atoms with E-state index in [0.717, 1.165) is 19.6 Å². The van der Waals surface area contributed by atoms with Crippen LogP contribution in [0.5, 0.6) is 0 Å². The maximum atomic E-state index is 10.5. The Bertz CT molecular complexity index is 194. The molecule has 1 aliphatic rings. The van der Waals surface area contributed by atoms with E-state index < -0.39 is 11.1 Å². The average Bonchev–Trinajstić information content (AvgIpc) is 1.78. The van der Waals surface area contributed by atoms with Gasteiger partial charge in [0.25, 0.3) is 0 Å². The molecular weight excluding hydrogens is 186 g/mol. The fraction of sp³-hybridized carbons (Fsp3) is 1.00. The Kier molecular flexibility index (Phi) is 3.49. The molecule has 0 aromatic carbocycles. The Balaban J connectivity index is 2.15. The monoisotopic (exact) mass is 205 g/mol. The van der Waals surface area contributed by atoms with Crippen LogP contribution < -0.4 is 0 Å². The number of hydrogen-bond donors (Lipinski definition) is 1. The Morgan fingerprint density at radius 2 is 2.00 bits per heavy atom. The molecule has 4 heteroatoms. The van der Waals surface area contributed by atoms with E-state index >= 15 is 0 Å². The summed E-state index contributed by atoms with van der Waals surface area (Å²) in [6.45, 7) is 9.70. The lowest BCUT2D eigenvalue weighted by Gasteiger charge is -2.42. The van der Waals surface area contributed by atoms with Gasteiger partial charge >= 0.3 is 0 Å². The Hall–Kier alpha value is 0.0700. The van der Waals surface area contributed by atoms with E-state index in [1.807, 2.05) is 0 Å². The van der Waals surface area contributed by atoms with Crippen molar-refractivity contribution in [3.63, 3.8) is 0 Å². The molecule has 0 spiro atoms. The number of likely N-dealkylation sites (tertiary alicyclic amines) is 1. The van der Waals surface area contributed by atoms with Crippen molar-refractivity contribution < 1.29 is 8.76 Å². The molecule has 78 valence electrons. The van der Waals surface area contributed by atoms with Crippen LogP contribution >= 0.6 is 0 Å². The van der Waals surface area contributed by atoms with E-state index in [9.17, 15) is 4.21 Å². The highest BCUT2D eigenvalue weighted by molar-refractivity contribution is 7.79. The van der Waals surface area contributed by atoms with Gasteiger partial charge in [0, 0.05) is 19.6 Å². The molecular formula is C9H19NO2S. The maximum Gasteiger partial charge on any atom is 0.153 e. The Morgan fingerprint density at radius 3 is 2.38 bits per heavy atom. The van der Waals surface area contributed by atoms with E-state index in [1.54, 1.807) is 0 Å². The zero-order valence-electron chi connectivity index (χ0n) is 8.62. The molecule has 1 N–H and O–H groups in total. The minimum Gasteiger partial charge on any atom is -0.306 e. The standard InChI is InChI=1S/C9H19NO2S/c1-9(2,3)7-10-4-8(5-10)6-13(11)12/h8H,4-7H2,1-3H3,(H,11,12). The van der Waals surface area contributed by atoms with Crippen LogP contribution in [-0.2, 0) is 11.1 Å². The molecule has 0 radical (unpaired) electrons. The smallest absolute Gasteiger partial charge is 0.153 e. The topological polar surface area (TPSA) is 40.5 Å². The molecule has 0 bridgehead atoms. The minimum absolute atomic E-state index is 0.337. The van der Waals surface area contributed by atoms with Crippen LogP contribution in [0.3, 0.4) is 0 Å². The molecule has 0 aromatic heterocycles. The van der Waals surface area contributed by atoms with Gasteiger partial charge < -0.3 is 9.45 Å². The second-order valence-electron chi connectivity index (χ2n) is 5.11. The average molecular weight is 205 g/mol. The molecule has 0 aromatic rings. The SMILES string of the molecule is CC(C)(C)CN1CC(CS(=O)O)C1. The summed E-state index contributed by atoms with van der Waals surface area (Å²) in [6.07, 6.45) is 0. The molecule has 1 unspecified atom stereocenters.